The van der Waals surface area contributed by atoms with Gasteiger partial charge in [-0.1, -0.05) is 61.6 Å². The van der Waals surface area contributed by atoms with Crippen LogP contribution >= 0.6 is 0 Å². The summed E-state index contributed by atoms with van der Waals surface area (Å²) in [5.74, 6) is 0. The van der Waals surface area contributed by atoms with Gasteiger partial charge in [-0.05, 0) is 18.5 Å². The Bertz CT molecular complexity index is 318. The van der Waals surface area contributed by atoms with Crippen LogP contribution in [0.3, 0.4) is 0 Å². The van der Waals surface area contributed by atoms with Gasteiger partial charge >= 0.3 is 0 Å². The summed E-state index contributed by atoms with van der Waals surface area (Å²) >= 11 is 0. The average Bonchev–Trinajstić information content (AvgIpc) is 2.01. The molecule has 0 unspecified atom stereocenters. The second-order valence-corrected chi connectivity index (χ2v) is 10.6. The SMILES string of the molecule is Cc1cccc(/C=C/C[Si](C)(C)C)c1. The third kappa shape index (κ3) is 4.42. The molecule has 0 fully saturated rings. The molecule has 0 bridgehead atoms. The van der Waals surface area contributed by atoms with Crippen LogP contribution in [0.1, 0.15) is 11.1 Å². The molecule has 0 saturated carbocycles. The maximum atomic E-state index is 2.40. The lowest BCUT2D eigenvalue weighted by Crippen LogP contribution is -2.17. The Hall–Kier alpha value is -0.823. The minimum absolute atomic E-state index is 0.911. The van der Waals surface area contributed by atoms with Crippen LogP contribution in [0.15, 0.2) is 30.3 Å². The fourth-order valence-electron chi connectivity index (χ4n) is 1.32. The van der Waals surface area contributed by atoms with Gasteiger partial charge < -0.3 is 0 Å². The molecular weight excluding hydrogens is 184 g/mol. The van der Waals surface area contributed by atoms with Gasteiger partial charge in [0.25, 0.3) is 0 Å². The predicted octanol–water partition coefficient (Wildman–Crippen LogP) is 4.35. The van der Waals surface area contributed by atoms with Gasteiger partial charge in [0.05, 0.1) is 0 Å². The molecule has 0 atom stereocenters. The molecule has 0 N–H and O–H groups in total. The van der Waals surface area contributed by atoms with E-state index in [1.54, 1.807) is 0 Å². The van der Waals surface area contributed by atoms with Crippen LogP contribution in [0, 0.1) is 6.92 Å². The normalized spacial score (nSPS) is 12.3. The molecule has 0 aliphatic heterocycles. The molecule has 1 aromatic carbocycles. The topological polar surface area (TPSA) is 0 Å². The van der Waals surface area contributed by atoms with E-state index in [4.69, 9.17) is 0 Å². The van der Waals surface area contributed by atoms with Crippen LogP contribution in [-0.4, -0.2) is 8.07 Å². The van der Waals surface area contributed by atoms with Crippen LogP contribution in [0.25, 0.3) is 6.08 Å². The lowest BCUT2D eigenvalue weighted by atomic mass is 10.1. The second kappa shape index (κ2) is 4.60. The highest BCUT2D eigenvalue weighted by Crippen LogP contribution is 2.11. The summed E-state index contributed by atoms with van der Waals surface area (Å²) in [6.07, 6.45) is 4.56. The van der Waals surface area contributed by atoms with Crippen molar-refractivity contribution in [1.82, 2.24) is 0 Å². The number of allylic oxidation sites excluding steroid dienone is 1. The Morgan fingerprint density at radius 3 is 2.50 bits per heavy atom. The minimum atomic E-state index is -0.911. The molecule has 1 rings (SSSR count). The summed E-state index contributed by atoms with van der Waals surface area (Å²) in [5.41, 5.74) is 2.66. The van der Waals surface area contributed by atoms with Crippen LogP contribution < -0.4 is 0 Å². The molecule has 0 radical (unpaired) electrons. The van der Waals surface area contributed by atoms with Crippen molar-refractivity contribution in [2.24, 2.45) is 0 Å². The van der Waals surface area contributed by atoms with Crippen molar-refractivity contribution in [2.45, 2.75) is 32.6 Å². The molecule has 1 heteroatoms. The Kier molecular flexibility index (Phi) is 3.70. The quantitative estimate of drug-likeness (QED) is 0.642. The van der Waals surface area contributed by atoms with E-state index < -0.39 is 8.07 Å². The summed E-state index contributed by atoms with van der Waals surface area (Å²) in [6.45, 7) is 9.32. The Morgan fingerprint density at radius 1 is 1.21 bits per heavy atom. The van der Waals surface area contributed by atoms with E-state index >= 15 is 0 Å². The molecule has 14 heavy (non-hydrogen) atoms. The molecule has 0 spiro atoms. The van der Waals surface area contributed by atoms with E-state index in [1.165, 1.54) is 17.2 Å². The lowest BCUT2D eigenvalue weighted by molar-refractivity contribution is 1.45. The molecular formula is C13H20Si. The van der Waals surface area contributed by atoms with Gasteiger partial charge in [-0.3, -0.25) is 0 Å². The number of hydrogen-bond donors (Lipinski definition) is 0. The molecule has 0 amide bonds. The van der Waals surface area contributed by atoms with E-state index in [2.05, 4.69) is 63.0 Å². The van der Waals surface area contributed by atoms with Gasteiger partial charge in [-0.2, -0.15) is 0 Å². The van der Waals surface area contributed by atoms with Gasteiger partial charge in [0.15, 0.2) is 0 Å². The molecule has 0 aromatic heterocycles. The molecule has 1 aromatic rings. The van der Waals surface area contributed by atoms with Gasteiger partial charge in [0.1, 0.15) is 0 Å². The first-order chi connectivity index (χ1) is 6.47. The first kappa shape index (κ1) is 11.3. The fourth-order valence-corrected chi connectivity index (χ4v) is 2.15. The highest BCUT2D eigenvalue weighted by atomic mass is 28.3. The Labute approximate surface area is 88.7 Å². The van der Waals surface area contributed by atoms with Crippen molar-refractivity contribution in [2.75, 3.05) is 0 Å². The average molecular weight is 204 g/mol. The number of benzene rings is 1. The summed E-state index contributed by atoms with van der Waals surface area (Å²) < 4.78 is 0. The zero-order chi connectivity index (χ0) is 10.6. The monoisotopic (exact) mass is 204 g/mol. The third-order valence-corrected chi connectivity index (χ3v) is 3.54. The standard InChI is InChI=1S/C13H20Si/c1-12-7-5-8-13(11-12)9-6-10-14(2,3)4/h5-9,11H,10H2,1-4H3/b9-6+. The molecule has 76 valence electrons. The van der Waals surface area contributed by atoms with Crippen LogP contribution in [-0.2, 0) is 0 Å². The van der Waals surface area contributed by atoms with Crippen LogP contribution in [0.4, 0.5) is 0 Å². The van der Waals surface area contributed by atoms with Crippen molar-refractivity contribution < 1.29 is 0 Å². The number of aryl methyl sites for hydroxylation is 1. The van der Waals surface area contributed by atoms with Gasteiger partial charge in [0, 0.05) is 8.07 Å². The number of rotatable bonds is 3. The zero-order valence-corrected chi connectivity index (χ0v) is 10.7. The number of hydrogen-bond acceptors (Lipinski definition) is 0. The largest absolute Gasteiger partial charge is 0.0866 e. The maximum absolute atomic E-state index is 2.40. The van der Waals surface area contributed by atoms with E-state index in [0.717, 1.165) is 0 Å². The zero-order valence-electron chi connectivity index (χ0n) is 9.67. The Balaban J connectivity index is 2.61. The van der Waals surface area contributed by atoms with E-state index in [1.807, 2.05) is 0 Å². The van der Waals surface area contributed by atoms with Crippen molar-refractivity contribution in [3.8, 4) is 0 Å². The first-order valence-corrected chi connectivity index (χ1v) is 8.91. The second-order valence-electron chi connectivity index (χ2n) is 5.08. The van der Waals surface area contributed by atoms with Crippen LogP contribution in [0.2, 0.25) is 25.7 Å². The molecule has 0 heterocycles. The van der Waals surface area contributed by atoms with E-state index in [-0.39, 0.29) is 0 Å². The summed E-state index contributed by atoms with van der Waals surface area (Å²) in [4.78, 5) is 0. The van der Waals surface area contributed by atoms with Crippen LogP contribution in [0.5, 0.6) is 0 Å². The predicted molar refractivity (Wildman–Crippen MR) is 68.4 cm³/mol. The van der Waals surface area contributed by atoms with E-state index in [9.17, 15) is 0 Å². The maximum Gasteiger partial charge on any atom is 0.0480 e. The smallest absolute Gasteiger partial charge is 0.0480 e. The summed E-state index contributed by atoms with van der Waals surface area (Å²) in [7, 11) is -0.911. The highest BCUT2D eigenvalue weighted by molar-refractivity contribution is 6.76. The first-order valence-electron chi connectivity index (χ1n) is 5.21. The van der Waals surface area contributed by atoms with Gasteiger partial charge in [-0.25, -0.2) is 0 Å². The fraction of sp³-hybridized carbons (Fsp3) is 0.385. The van der Waals surface area contributed by atoms with Crippen molar-refractivity contribution in [3.05, 3.63) is 41.5 Å². The Morgan fingerprint density at radius 2 is 1.93 bits per heavy atom. The highest BCUT2D eigenvalue weighted by Gasteiger charge is 2.09. The lowest BCUT2D eigenvalue weighted by Gasteiger charge is -2.11. The van der Waals surface area contributed by atoms with Crippen molar-refractivity contribution >= 4 is 14.1 Å². The minimum Gasteiger partial charge on any atom is -0.0866 e. The molecule has 0 aliphatic rings. The van der Waals surface area contributed by atoms with Crippen molar-refractivity contribution in [1.29, 1.82) is 0 Å². The molecule has 0 saturated heterocycles. The molecule has 0 aliphatic carbocycles. The van der Waals surface area contributed by atoms with Gasteiger partial charge in [0.2, 0.25) is 0 Å². The van der Waals surface area contributed by atoms with E-state index in [0.29, 0.717) is 0 Å². The summed E-state index contributed by atoms with van der Waals surface area (Å²) in [5, 5.41) is 0. The third-order valence-electron chi connectivity index (χ3n) is 2.08. The molecule has 0 nitrogen and oxygen atoms in total. The van der Waals surface area contributed by atoms with Gasteiger partial charge in [-0.15, -0.1) is 0 Å². The van der Waals surface area contributed by atoms with Crippen molar-refractivity contribution in [3.63, 3.8) is 0 Å². The summed E-state index contributed by atoms with van der Waals surface area (Å²) in [6, 6.07) is 9.90.